The molecule has 6 N–H and O–H groups in total. The van der Waals surface area contributed by atoms with Crippen LogP contribution in [0.25, 0.3) is 0 Å². The fourth-order valence-electron chi connectivity index (χ4n) is 6.18. The second-order valence-corrected chi connectivity index (χ2v) is 11.5. The van der Waals surface area contributed by atoms with Gasteiger partial charge in [-0.25, -0.2) is 0 Å². The lowest BCUT2D eigenvalue weighted by molar-refractivity contribution is -0.373. The Bertz CT molecular complexity index is 852. The molecule has 4 rings (SSSR count). The summed E-state index contributed by atoms with van der Waals surface area (Å²) in [5.41, 5.74) is 0. The molecule has 0 saturated carbocycles. The van der Waals surface area contributed by atoms with E-state index in [9.17, 15) is 30.6 Å². The van der Waals surface area contributed by atoms with Gasteiger partial charge in [0.25, 0.3) is 0 Å². The quantitative estimate of drug-likeness (QED) is 0.146. The molecule has 4 fully saturated rings. The van der Waals surface area contributed by atoms with Crippen LogP contribution in [0.2, 0.25) is 0 Å². The molecule has 0 unspecified atom stereocenters. The van der Waals surface area contributed by atoms with E-state index in [-0.39, 0.29) is 12.8 Å². The highest BCUT2D eigenvalue weighted by atomic mass is 16.8. The molecule has 0 aliphatic carbocycles. The maximum atomic E-state index is 11.2. The second-order valence-electron chi connectivity index (χ2n) is 11.5. The van der Waals surface area contributed by atoms with Crippen molar-refractivity contribution in [1.29, 1.82) is 0 Å². The largest absolute Gasteiger partial charge is 0.394 e. The van der Waals surface area contributed by atoms with Crippen molar-refractivity contribution in [3.05, 3.63) is 0 Å². The summed E-state index contributed by atoms with van der Waals surface area (Å²) >= 11 is 0. The fraction of sp³-hybridized carbons (Fsp3) is 1.00. The molecular weight excluding hydrogens is 580 g/mol. The van der Waals surface area contributed by atoms with Crippen LogP contribution in [-0.4, -0.2) is 169 Å². The number of hydrogen-bond acceptors (Lipinski definition) is 16. The minimum absolute atomic E-state index is 0.254. The fourth-order valence-corrected chi connectivity index (χ4v) is 6.18. The molecule has 0 aromatic heterocycles. The lowest BCUT2D eigenvalue weighted by Crippen LogP contribution is -2.65. The Labute approximate surface area is 250 Å². The van der Waals surface area contributed by atoms with Crippen LogP contribution < -0.4 is 0 Å². The van der Waals surface area contributed by atoms with Gasteiger partial charge in [-0.15, -0.1) is 0 Å². The Morgan fingerprint density at radius 3 is 1.74 bits per heavy atom. The van der Waals surface area contributed by atoms with E-state index in [4.69, 9.17) is 47.4 Å². The van der Waals surface area contributed by atoms with Crippen molar-refractivity contribution in [2.45, 2.75) is 144 Å². The van der Waals surface area contributed by atoms with Crippen LogP contribution in [0.15, 0.2) is 0 Å². The first kappa shape index (κ1) is 35.2. The number of methoxy groups -OCH3 is 3. The van der Waals surface area contributed by atoms with E-state index in [1.165, 1.54) is 14.2 Å². The van der Waals surface area contributed by atoms with E-state index >= 15 is 0 Å². The highest BCUT2D eigenvalue weighted by Crippen LogP contribution is 2.35. The molecule has 0 bridgehead atoms. The smallest absolute Gasteiger partial charge is 0.187 e. The van der Waals surface area contributed by atoms with Gasteiger partial charge >= 0.3 is 0 Å². The van der Waals surface area contributed by atoms with Crippen LogP contribution in [0.5, 0.6) is 0 Å². The van der Waals surface area contributed by atoms with Gasteiger partial charge in [0, 0.05) is 34.2 Å². The van der Waals surface area contributed by atoms with Crippen molar-refractivity contribution in [2.75, 3.05) is 27.9 Å². The van der Waals surface area contributed by atoms with Gasteiger partial charge in [0.1, 0.15) is 54.9 Å². The number of hydrogen-bond donors (Lipinski definition) is 6. The zero-order chi connectivity index (χ0) is 31.6. The van der Waals surface area contributed by atoms with Gasteiger partial charge < -0.3 is 78.0 Å². The molecule has 0 aromatic rings. The third-order valence-electron chi connectivity index (χ3n) is 8.62. The zero-order valence-electron chi connectivity index (χ0n) is 25.3. The monoisotopic (exact) mass is 628 g/mol. The summed E-state index contributed by atoms with van der Waals surface area (Å²) in [6.07, 6.45) is -17.0. The minimum atomic E-state index is -1.64. The summed E-state index contributed by atoms with van der Waals surface area (Å²) in [5.74, 6) is 0. The van der Waals surface area contributed by atoms with E-state index in [1.807, 2.05) is 0 Å². The predicted octanol–water partition coefficient (Wildman–Crippen LogP) is -2.65. The van der Waals surface area contributed by atoms with Crippen molar-refractivity contribution < 1.29 is 78.0 Å². The van der Waals surface area contributed by atoms with Crippen LogP contribution in [-0.2, 0) is 47.4 Å². The summed E-state index contributed by atoms with van der Waals surface area (Å²) in [7, 11) is 4.43. The zero-order valence-corrected chi connectivity index (χ0v) is 25.3. The summed E-state index contributed by atoms with van der Waals surface area (Å²) in [6, 6.07) is 0. The standard InChI is InChI=1S/C27H48O16/c1-10-22(13(34-4)7-16(29)37-10)41-17-8-14(35-5)23(11(2)38-17)42-27-21(33)25(36-6)24(12(3)39-27)43-26-20(32)19(31)18(30)15(9-28)40-26/h10-33H,7-9H2,1-6H3/t10-,11-,12-,13+,14+,15-,16-,17+,18-,19+,20-,21-,22-,23-,24-,25+,26+,27+/m1/s1. The molecular formula is C27H48O16. The van der Waals surface area contributed by atoms with Crippen molar-refractivity contribution in [3.8, 4) is 0 Å². The maximum absolute atomic E-state index is 11.2. The number of aliphatic hydroxyl groups excluding tert-OH is 6. The van der Waals surface area contributed by atoms with Gasteiger partial charge in [-0.2, -0.15) is 0 Å². The minimum Gasteiger partial charge on any atom is -0.394 e. The van der Waals surface area contributed by atoms with Crippen LogP contribution >= 0.6 is 0 Å². The van der Waals surface area contributed by atoms with Gasteiger partial charge in [0.15, 0.2) is 25.2 Å². The first-order valence-corrected chi connectivity index (χ1v) is 14.6. The van der Waals surface area contributed by atoms with E-state index < -0.39 is 117 Å². The third-order valence-corrected chi connectivity index (χ3v) is 8.62. The number of ether oxygens (including phenoxy) is 10. The Kier molecular flexibility index (Phi) is 12.5. The molecule has 0 spiro atoms. The normalized spacial score (nSPS) is 51.3. The lowest BCUT2D eigenvalue weighted by atomic mass is 9.96. The predicted molar refractivity (Wildman–Crippen MR) is 141 cm³/mol. The summed E-state index contributed by atoms with van der Waals surface area (Å²) in [4.78, 5) is 0. The highest BCUT2D eigenvalue weighted by Gasteiger charge is 2.52. The topological polar surface area (TPSA) is 214 Å². The van der Waals surface area contributed by atoms with Crippen LogP contribution in [0.3, 0.4) is 0 Å². The Morgan fingerprint density at radius 1 is 0.558 bits per heavy atom. The molecule has 16 nitrogen and oxygen atoms in total. The van der Waals surface area contributed by atoms with E-state index in [0.29, 0.717) is 0 Å². The lowest BCUT2D eigenvalue weighted by Gasteiger charge is -2.48. The Hall–Kier alpha value is -0.640. The van der Waals surface area contributed by atoms with Gasteiger partial charge in [-0.3, -0.25) is 0 Å². The molecule has 43 heavy (non-hydrogen) atoms. The highest BCUT2D eigenvalue weighted by molar-refractivity contribution is 4.95. The molecule has 0 radical (unpaired) electrons. The molecule has 4 aliphatic rings. The molecule has 18 atom stereocenters. The Morgan fingerprint density at radius 2 is 1.12 bits per heavy atom. The molecule has 0 amide bonds. The van der Waals surface area contributed by atoms with E-state index in [1.54, 1.807) is 27.9 Å². The maximum Gasteiger partial charge on any atom is 0.187 e. The molecule has 4 aliphatic heterocycles. The average Bonchev–Trinajstić information content (AvgIpc) is 2.97. The van der Waals surface area contributed by atoms with E-state index in [0.717, 1.165) is 0 Å². The van der Waals surface area contributed by atoms with Crippen molar-refractivity contribution >= 4 is 0 Å². The van der Waals surface area contributed by atoms with Gasteiger partial charge in [0.05, 0.1) is 37.1 Å². The molecule has 0 aromatic carbocycles. The first-order chi connectivity index (χ1) is 20.4. The third kappa shape index (κ3) is 7.68. The van der Waals surface area contributed by atoms with Crippen LogP contribution in [0, 0.1) is 0 Å². The molecule has 252 valence electrons. The van der Waals surface area contributed by atoms with Crippen molar-refractivity contribution in [1.82, 2.24) is 0 Å². The van der Waals surface area contributed by atoms with Gasteiger partial charge in [0.2, 0.25) is 0 Å². The van der Waals surface area contributed by atoms with Gasteiger partial charge in [-0.1, -0.05) is 0 Å². The van der Waals surface area contributed by atoms with Gasteiger partial charge in [-0.05, 0) is 20.8 Å². The number of rotatable bonds is 10. The summed E-state index contributed by atoms with van der Waals surface area (Å²) in [5, 5.41) is 61.3. The van der Waals surface area contributed by atoms with Crippen LogP contribution in [0.1, 0.15) is 33.6 Å². The van der Waals surface area contributed by atoms with Crippen LogP contribution in [0.4, 0.5) is 0 Å². The molecule has 4 heterocycles. The second kappa shape index (κ2) is 15.3. The van der Waals surface area contributed by atoms with E-state index in [2.05, 4.69) is 0 Å². The first-order valence-electron chi connectivity index (χ1n) is 14.6. The SMILES string of the molecule is CO[C@H]1[C@@H](O)[C@H](O[C@H]2[C@@H](OC)C[C@H](O[C@H]3[C@@H](OC)C[C@H](O)O[C@@H]3C)O[C@@H]2C)O[C@H](C)[C@H]1O[C@@H]1O[C@H](CO)[C@@H](O)[C@H](O)[C@H]1O. The Balaban J connectivity index is 1.39. The molecule has 4 saturated heterocycles. The van der Waals surface area contributed by atoms with Crippen molar-refractivity contribution in [2.24, 2.45) is 0 Å². The van der Waals surface area contributed by atoms with Crippen molar-refractivity contribution in [3.63, 3.8) is 0 Å². The number of aliphatic hydroxyl groups is 6. The summed E-state index contributed by atoms with van der Waals surface area (Å²) in [6.45, 7) is 4.60. The average molecular weight is 629 g/mol. The summed E-state index contributed by atoms with van der Waals surface area (Å²) < 4.78 is 58.2. The molecule has 16 heteroatoms.